The van der Waals surface area contributed by atoms with Gasteiger partial charge in [0.2, 0.25) is 0 Å². The summed E-state index contributed by atoms with van der Waals surface area (Å²) in [6.45, 7) is 3.77. The van der Waals surface area contributed by atoms with E-state index in [1.54, 1.807) is 12.1 Å². The summed E-state index contributed by atoms with van der Waals surface area (Å²) in [6.07, 6.45) is -2.99. The molecule has 2 saturated heterocycles. The van der Waals surface area contributed by atoms with Gasteiger partial charge in [-0.1, -0.05) is 35.9 Å². The fourth-order valence-electron chi connectivity index (χ4n) is 4.39. The van der Waals surface area contributed by atoms with Gasteiger partial charge in [-0.05, 0) is 67.6 Å². The highest BCUT2D eigenvalue weighted by Gasteiger charge is 2.44. The summed E-state index contributed by atoms with van der Waals surface area (Å²) in [7, 11) is 0. The Morgan fingerprint density at radius 1 is 1.08 bits per heavy atom. The van der Waals surface area contributed by atoms with E-state index in [9.17, 15) is 20.4 Å². The number of benzene rings is 2. The zero-order valence-corrected chi connectivity index (χ0v) is 22.3. The Kier molecular flexibility index (Phi) is 12.4. The standard InChI is InChI=1S/C21H25ClO6.C5H11NO2S/c1-2-27-15-6-3-12(4-7-15)9-14-10-13(5-8-16(14)22)21-20(26)19(25)18(24)17(11-23)28-21;7-9-8-4-5-2-1-3-6-5/h3-8,10,17-21,23-26H,2,9,11H2,1H3;5-7H,1-4H2/t;5-/m.0/s1. The topological polar surface area (TPSA) is 141 Å². The third-order valence-corrected chi connectivity index (χ3v) is 7.01. The highest BCUT2D eigenvalue weighted by atomic mass is 35.5. The Balaban J connectivity index is 0.000000356. The van der Waals surface area contributed by atoms with Crippen LogP contribution in [0.5, 0.6) is 5.75 Å². The van der Waals surface area contributed by atoms with E-state index in [1.165, 1.54) is 12.8 Å². The van der Waals surface area contributed by atoms with Gasteiger partial charge >= 0.3 is 0 Å². The molecule has 2 aliphatic heterocycles. The van der Waals surface area contributed by atoms with E-state index in [1.807, 2.05) is 37.3 Å². The summed E-state index contributed by atoms with van der Waals surface area (Å²) in [6, 6.07) is 13.4. The molecule has 4 rings (SSSR count). The third-order valence-electron chi connectivity index (χ3n) is 6.40. The SMILES string of the molecule is CCOc1ccc(Cc2cc(C3OC(CO)C(O)C(O)C3O)ccc2Cl)cc1.OSOC[C@@H]1CCCN1. The lowest BCUT2D eigenvalue weighted by molar-refractivity contribution is -0.231. The van der Waals surface area contributed by atoms with Crippen molar-refractivity contribution >= 4 is 23.9 Å². The maximum Gasteiger partial charge on any atom is 0.155 e. The van der Waals surface area contributed by atoms with Gasteiger partial charge < -0.3 is 39.8 Å². The van der Waals surface area contributed by atoms with Gasteiger partial charge in [0, 0.05) is 11.1 Å². The van der Waals surface area contributed by atoms with Crippen molar-refractivity contribution < 1.29 is 38.6 Å². The Hall–Kier alpha value is -1.44. The monoisotopic (exact) mass is 557 g/mol. The third kappa shape index (κ3) is 8.52. The van der Waals surface area contributed by atoms with E-state index < -0.39 is 37.1 Å². The van der Waals surface area contributed by atoms with Crippen LogP contribution in [0.15, 0.2) is 42.5 Å². The van der Waals surface area contributed by atoms with Crippen LogP contribution in [0.4, 0.5) is 0 Å². The van der Waals surface area contributed by atoms with Crippen molar-refractivity contribution in [2.45, 2.75) is 62.7 Å². The van der Waals surface area contributed by atoms with Gasteiger partial charge in [0.05, 0.1) is 19.8 Å². The van der Waals surface area contributed by atoms with Crippen molar-refractivity contribution in [1.29, 1.82) is 0 Å². The number of nitrogens with one attached hydrogen (secondary N) is 1. The lowest BCUT2D eigenvalue weighted by Gasteiger charge is -2.40. The van der Waals surface area contributed by atoms with Gasteiger partial charge in [-0.2, -0.15) is 0 Å². The lowest BCUT2D eigenvalue weighted by Crippen LogP contribution is -2.55. The maximum atomic E-state index is 10.3. The van der Waals surface area contributed by atoms with Crippen LogP contribution < -0.4 is 10.1 Å². The van der Waals surface area contributed by atoms with E-state index in [2.05, 4.69) is 5.32 Å². The van der Waals surface area contributed by atoms with Crippen LogP contribution in [0.2, 0.25) is 5.02 Å². The van der Waals surface area contributed by atoms with Crippen molar-refractivity contribution in [2.75, 3.05) is 26.4 Å². The maximum absolute atomic E-state index is 10.3. The molecule has 206 valence electrons. The Morgan fingerprint density at radius 3 is 2.46 bits per heavy atom. The predicted molar refractivity (Wildman–Crippen MR) is 142 cm³/mol. The minimum Gasteiger partial charge on any atom is -0.494 e. The normalized spacial score (nSPS) is 27.4. The number of aliphatic hydroxyl groups excluding tert-OH is 4. The number of ether oxygens (including phenoxy) is 2. The highest BCUT2D eigenvalue weighted by molar-refractivity contribution is 7.88. The first-order valence-electron chi connectivity index (χ1n) is 12.3. The van der Waals surface area contributed by atoms with E-state index in [-0.39, 0.29) is 0 Å². The molecule has 37 heavy (non-hydrogen) atoms. The van der Waals surface area contributed by atoms with Crippen molar-refractivity contribution in [3.05, 3.63) is 64.2 Å². The van der Waals surface area contributed by atoms with Gasteiger partial charge in [-0.3, -0.25) is 4.18 Å². The first kappa shape index (κ1) is 30.1. The second kappa shape index (κ2) is 15.2. The number of rotatable bonds is 9. The van der Waals surface area contributed by atoms with Crippen LogP contribution in [0.3, 0.4) is 0 Å². The van der Waals surface area contributed by atoms with Gasteiger partial charge in [0.15, 0.2) is 12.3 Å². The number of aliphatic hydroxyl groups is 4. The molecular weight excluding hydrogens is 522 g/mol. The molecule has 0 bridgehead atoms. The molecule has 0 aliphatic carbocycles. The average Bonchev–Trinajstić information content (AvgIpc) is 3.43. The number of hydrogen-bond donors (Lipinski definition) is 6. The highest BCUT2D eigenvalue weighted by Crippen LogP contribution is 2.34. The number of hydrogen-bond acceptors (Lipinski definition) is 10. The summed E-state index contributed by atoms with van der Waals surface area (Å²) in [5.41, 5.74) is 2.49. The quantitative estimate of drug-likeness (QED) is 0.255. The summed E-state index contributed by atoms with van der Waals surface area (Å²) < 4.78 is 24.0. The molecule has 0 amide bonds. The van der Waals surface area contributed by atoms with Crippen LogP contribution in [0.1, 0.15) is 42.6 Å². The largest absolute Gasteiger partial charge is 0.494 e. The molecule has 2 aromatic carbocycles. The summed E-state index contributed by atoms with van der Waals surface area (Å²) in [5.74, 6) is 0.799. The molecule has 0 saturated carbocycles. The fourth-order valence-corrected chi connectivity index (χ4v) is 4.80. The van der Waals surface area contributed by atoms with Crippen LogP contribution in [0.25, 0.3) is 0 Å². The molecule has 9 nitrogen and oxygen atoms in total. The molecule has 0 radical (unpaired) electrons. The zero-order valence-electron chi connectivity index (χ0n) is 20.7. The van der Waals surface area contributed by atoms with Crippen LogP contribution in [0, 0.1) is 0 Å². The molecule has 2 aliphatic rings. The van der Waals surface area contributed by atoms with Gasteiger partial charge in [-0.25, -0.2) is 0 Å². The second-order valence-corrected chi connectivity index (χ2v) is 9.80. The van der Waals surface area contributed by atoms with Crippen LogP contribution in [-0.4, -0.2) is 81.8 Å². The van der Waals surface area contributed by atoms with E-state index in [0.29, 0.717) is 48.6 Å². The zero-order chi connectivity index (χ0) is 26.8. The summed E-state index contributed by atoms with van der Waals surface area (Å²) in [4.78, 5) is 0. The first-order valence-corrected chi connectivity index (χ1v) is 13.4. The molecular formula is C26H36ClNO8S. The number of halogens is 1. The lowest BCUT2D eigenvalue weighted by atomic mass is 9.90. The molecule has 2 fully saturated rings. The molecule has 0 aromatic heterocycles. The molecule has 6 N–H and O–H groups in total. The van der Waals surface area contributed by atoms with Crippen molar-refractivity contribution in [3.8, 4) is 5.75 Å². The van der Waals surface area contributed by atoms with E-state index in [0.717, 1.165) is 23.4 Å². The fraction of sp³-hybridized carbons (Fsp3) is 0.538. The molecule has 0 spiro atoms. The van der Waals surface area contributed by atoms with E-state index in [4.69, 9.17) is 29.8 Å². The smallest absolute Gasteiger partial charge is 0.155 e. The van der Waals surface area contributed by atoms with Crippen molar-refractivity contribution in [1.82, 2.24) is 5.32 Å². The first-order chi connectivity index (χ1) is 17.9. The summed E-state index contributed by atoms with van der Waals surface area (Å²) in [5, 5.41) is 43.5. The van der Waals surface area contributed by atoms with Gasteiger partial charge in [0.25, 0.3) is 0 Å². The van der Waals surface area contributed by atoms with E-state index >= 15 is 0 Å². The second-order valence-electron chi connectivity index (χ2n) is 9.01. The predicted octanol–water partition coefficient (Wildman–Crippen LogP) is 2.72. The Bertz CT molecular complexity index is 945. The molecule has 11 heteroatoms. The van der Waals surface area contributed by atoms with Crippen molar-refractivity contribution in [2.24, 2.45) is 0 Å². The molecule has 2 aromatic rings. The average molecular weight is 558 g/mol. The Morgan fingerprint density at radius 2 is 1.84 bits per heavy atom. The van der Waals surface area contributed by atoms with Gasteiger partial charge in [0.1, 0.15) is 36.3 Å². The van der Waals surface area contributed by atoms with Crippen LogP contribution >= 0.6 is 23.9 Å². The minimum atomic E-state index is -1.42. The minimum absolute atomic E-state index is 0.448. The van der Waals surface area contributed by atoms with Crippen molar-refractivity contribution in [3.63, 3.8) is 0 Å². The molecule has 5 unspecified atom stereocenters. The van der Waals surface area contributed by atoms with Crippen LogP contribution in [-0.2, 0) is 15.3 Å². The molecule has 6 atom stereocenters. The molecule has 2 heterocycles. The van der Waals surface area contributed by atoms with Gasteiger partial charge in [-0.15, -0.1) is 0 Å². The summed E-state index contributed by atoms with van der Waals surface area (Å²) >= 11 is 6.80. The Labute approximate surface area is 226 Å².